The number of phenols is 1. The quantitative estimate of drug-likeness (QED) is 0.831. The highest BCUT2D eigenvalue weighted by atomic mass is 32.2. The number of rotatable bonds is 4. The van der Waals surface area contributed by atoms with E-state index in [2.05, 4.69) is 4.90 Å². The Morgan fingerprint density at radius 3 is 2.88 bits per heavy atom. The third-order valence-corrected chi connectivity index (χ3v) is 3.75. The molecule has 1 saturated heterocycles. The zero-order chi connectivity index (χ0) is 12.1. The first-order valence-electron chi connectivity index (χ1n) is 5.59. The summed E-state index contributed by atoms with van der Waals surface area (Å²) in [5.41, 5.74) is 0. The van der Waals surface area contributed by atoms with Gasteiger partial charge in [0.15, 0.2) is 11.5 Å². The van der Waals surface area contributed by atoms with Gasteiger partial charge in [0.2, 0.25) is 0 Å². The van der Waals surface area contributed by atoms with Crippen LogP contribution in [0.2, 0.25) is 0 Å². The molecule has 17 heavy (non-hydrogen) atoms. The number of thioether (sulfide) groups is 1. The van der Waals surface area contributed by atoms with E-state index in [9.17, 15) is 5.11 Å². The van der Waals surface area contributed by atoms with Crippen LogP contribution in [0.25, 0.3) is 0 Å². The Labute approximate surface area is 106 Å². The van der Waals surface area contributed by atoms with Crippen molar-refractivity contribution in [3.05, 3.63) is 18.2 Å². The molecule has 1 aliphatic heterocycles. The first kappa shape index (κ1) is 12.5. The van der Waals surface area contributed by atoms with Gasteiger partial charge in [-0.2, -0.15) is 0 Å². The average molecular weight is 255 g/mol. The van der Waals surface area contributed by atoms with Crippen molar-refractivity contribution in [3.63, 3.8) is 0 Å². The van der Waals surface area contributed by atoms with E-state index < -0.39 is 0 Å². The molecule has 0 aliphatic carbocycles. The van der Waals surface area contributed by atoms with Crippen molar-refractivity contribution < 1.29 is 14.6 Å². The molecule has 4 nitrogen and oxygen atoms in total. The van der Waals surface area contributed by atoms with E-state index in [-0.39, 0.29) is 5.75 Å². The second-order valence-electron chi connectivity index (χ2n) is 3.84. The smallest absolute Gasteiger partial charge is 0.161 e. The summed E-state index contributed by atoms with van der Waals surface area (Å²) in [4.78, 5) is 3.46. The molecule has 1 fully saturated rings. The van der Waals surface area contributed by atoms with Gasteiger partial charge in [-0.15, -0.1) is 11.8 Å². The Morgan fingerprint density at radius 2 is 2.18 bits per heavy atom. The number of aromatic hydroxyl groups is 1. The van der Waals surface area contributed by atoms with E-state index in [1.54, 1.807) is 24.9 Å². The lowest BCUT2D eigenvalue weighted by Gasteiger charge is -2.26. The van der Waals surface area contributed by atoms with Gasteiger partial charge in [-0.25, -0.2) is 0 Å². The number of methoxy groups -OCH3 is 1. The summed E-state index contributed by atoms with van der Waals surface area (Å²) in [6.07, 6.45) is 0. The van der Waals surface area contributed by atoms with Crippen molar-refractivity contribution in [1.82, 2.24) is 4.90 Å². The van der Waals surface area contributed by atoms with Gasteiger partial charge in [0.25, 0.3) is 0 Å². The molecule has 1 aromatic rings. The molecule has 0 aromatic heterocycles. The second-order valence-corrected chi connectivity index (χ2v) is 4.86. The molecule has 0 amide bonds. The lowest BCUT2D eigenvalue weighted by molar-refractivity contribution is 0.0474. The third-order valence-electron chi connectivity index (χ3n) is 2.67. The molecule has 1 aromatic carbocycles. The van der Waals surface area contributed by atoms with Gasteiger partial charge in [0, 0.05) is 23.9 Å². The van der Waals surface area contributed by atoms with E-state index in [4.69, 9.17) is 9.47 Å². The predicted octanol–water partition coefficient (Wildman–Crippen LogP) is 1.78. The summed E-state index contributed by atoms with van der Waals surface area (Å²) in [7, 11) is 1.56. The molecule has 1 heterocycles. The van der Waals surface area contributed by atoms with Gasteiger partial charge in [0.1, 0.15) is 0 Å². The van der Waals surface area contributed by atoms with Gasteiger partial charge in [-0.3, -0.25) is 4.90 Å². The first-order chi connectivity index (χ1) is 8.29. The zero-order valence-corrected chi connectivity index (χ0v) is 10.7. The van der Waals surface area contributed by atoms with Crippen LogP contribution in [-0.4, -0.2) is 49.3 Å². The lowest BCUT2D eigenvalue weighted by Crippen LogP contribution is -2.35. The minimum absolute atomic E-state index is 0.184. The first-order valence-corrected chi connectivity index (χ1v) is 6.58. The van der Waals surface area contributed by atoms with Crippen LogP contribution < -0.4 is 4.74 Å². The summed E-state index contributed by atoms with van der Waals surface area (Å²) >= 11 is 1.74. The van der Waals surface area contributed by atoms with Gasteiger partial charge in [0.05, 0.1) is 20.3 Å². The van der Waals surface area contributed by atoms with Crippen LogP contribution in [0.4, 0.5) is 0 Å². The number of phenolic OH excluding ortho intramolecular Hbond substituents is 1. The maximum absolute atomic E-state index is 9.49. The van der Waals surface area contributed by atoms with Gasteiger partial charge in [-0.05, 0) is 18.2 Å². The molecule has 0 atom stereocenters. The largest absolute Gasteiger partial charge is 0.504 e. The molecule has 0 saturated carbocycles. The molecule has 1 aliphatic rings. The molecule has 94 valence electrons. The zero-order valence-electron chi connectivity index (χ0n) is 9.89. The van der Waals surface area contributed by atoms with E-state index in [1.165, 1.54) is 0 Å². The van der Waals surface area contributed by atoms with Crippen molar-refractivity contribution in [2.45, 2.75) is 4.90 Å². The highest BCUT2D eigenvalue weighted by Crippen LogP contribution is 2.31. The van der Waals surface area contributed by atoms with E-state index in [0.717, 1.165) is 37.1 Å². The van der Waals surface area contributed by atoms with Crippen molar-refractivity contribution in [2.75, 3.05) is 39.3 Å². The fourth-order valence-corrected chi connectivity index (χ4v) is 2.59. The maximum Gasteiger partial charge on any atom is 0.161 e. The maximum atomic E-state index is 9.49. The monoisotopic (exact) mass is 255 g/mol. The fraction of sp³-hybridized carbons (Fsp3) is 0.500. The van der Waals surface area contributed by atoms with Gasteiger partial charge in [-0.1, -0.05) is 0 Å². The lowest BCUT2D eigenvalue weighted by atomic mass is 10.3. The van der Waals surface area contributed by atoms with Gasteiger partial charge < -0.3 is 14.6 Å². The van der Waals surface area contributed by atoms with Crippen molar-refractivity contribution in [2.24, 2.45) is 0 Å². The molecule has 0 radical (unpaired) electrons. The highest BCUT2D eigenvalue weighted by Gasteiger charge is 2.10. The second kappa shape index (κ2) is 6.14. The number of morpholine rings is 1. The summed E-state index contributed by atoms with van der Waals surface area (Å²) in [6, 6.07) is 5.43. The Hall–Kier alpha value is -0.910. The fourth-order valence-electron chi connectivity index (χ4n) is 1.64. The molecule has 0 spiro atoms. The van der Waals surface area contributed by atoms with Crippen molar-refractivity contribution >= 4 is 11.8 Å². The van der Waals surface area contributed by atoms with Crippen LogP contribution in [0.1, 0.15) is 0 Å². The molecular formula is C12H17NO3S. The highest BCUT2D eigenvalue weighted by molar-refractivity contribution is 7.99. The number of hydrogen-bond donors (Lipinski definition) is 1. The number of ether oxygens (including phenoxy) is 2. The average Bonchev–Trinajstić information content (AvgIpc) is 2.39. The Morgan fingerprint density at radius 1 is 1.41 bits per heavy atom. The summed E-state index contributed by atoms with van der Waals surface area (Å²) < 4.78 is 10.4. The number of hydrogen-bond acceptors (Lipinski definition) is 5. The van der Waals surface area contributed by atoms with E-state index in [1.807, 2.05) is 12.1 Å². The standard InChI is InChI=1S/C12H17NO3S/c1-15-12-8-10(2-3-11(12)14)17-9-13-4-6-16-7-5-13/h2-3,8,14H,4-7,9H2,1H3. The van der Waals surface area contributed by atoms with Crippen LogP contribution in [0.5, 0.6) is 11.5 Å². The third kappa shape index (κ3) is 3.52. The van der Waals surface area contributed by atoms with Crippen LogP contribution in [0.15, 0.2) is 23.1 Å². The van der Waals surface area contributed by atoms with Crippen molar-refractivity contribution in [3.8, 4) is 11.5 Å². The number of benzene rings is 1. The van der Waals surface area contributed by atoms with E-state index in [0.29, 0.717) is 5.75 Å². The molecule has 0 bridgehead atoms. The summed E-state index contributed by atoms with van der Waals surface area (Å²) in [5, 5.41) is 9.49. The van der Waals surface area contributed by atoms with Crippen LogP contribution >= 0.6 is 11.8 Å². The number of nitrogens with zero attached hydrogens (tertiary/aromatic N) is 1. The molecule has 0 unspecified atom stereocenters. The summed E-state index contributed by atoms with van der Waals surface area (Å²) in [5.74, 6) is 1.65. The Balaban J connectivity index is 1.89. The van der Waals surface area contributed by atoms with Crippen LogP contribution in [0.3, 0.4) is 0 Å². The van der Waals surface area contributed by atoms with Crippen LogP contribution in [-0.2, 0) is 4.74 Å². The summed E-state index contributed by atoms with van der Waals surface area (Å²) in [6.45, 7) is 3.61. The molecular weight excluding hydrogens is 238 g/mol. The van der Waals surface area contributed by atoms with E-state index >= 15 is 0 Å². The van der Waals surface area contributed by atoms with Crippen LogP contribution in [0, 0.1) is 0 Å². The Kier molecular flexibility index (Phi) is 4.53. The topological polar surface area (TPSA) is 41.9 Å². The Bertz CT molecular complexity index is 367. The molecule has 5 heteroatoms. The SMILES string of the molecule is COc1cc(SCN2CCOCC2)ccc1O. The minimum atomic E-state index is 0.184. The minimum Gasteiger partial charge on any atom is -0.504 e. The predicted molar refractivity (Wildman–Crippen MR) is 67.8 cm³/mol. The molecule has 2 rings (SSSR count). The molecule has 1 N–H and O–H groups in total. The van der Waals surface area contributed by atoms with Crippen molar-refractivity contribution in [1.29, 1.82) is 0 Å². The normalized spacial score (nSPS) is 17.0. The van der Waals surface area contributed by atoms with Gasteiger partial charge >= 0.3 is 0 Å².